The minimum atomic E-state index is -0.275. The molecule has 169 valence electrons. The molecule has 0 bridgehead atoms. The van der Waals surface area contributed by atoms with E-state index in [9.17, 15) is 9.59 Å². The summed E-state index contributed by atoms with van der Waals surface area (Å²) in [5.74, 6) is -0.0114. The molecule has 0 fully saturated rings. The molecular formula is C24H16CuN2O4S2. The molecule has 2 aromatic carbocycles. The first-order chi connectivity index (χ1) is 15.5. The Labute approximate surface area is 212 Å². The number of furan rings is 2. The van der Waals surface area contributed by atoms with Crippen LogP contribution in [0.5, 0.6) is 0 Å². The molecular weight excluding hydrogens is 508 g/mol. The van der Waals surface area contributed by atoms with Gasteiger partial charge in [-0.3, -0.25) is 19.6 Å². The van der Waals surface area contributed by atoms with E-state index in [-0.39, 0.29) is 40.2 Å². The third-order valence-electron chi connectivity index (χ3n) is 3.90. The number of hydrogen-bond donors (Lipinski definition) is 0. The average molecular weight is 524 g/mol. The van der Waals surface area contributed by atoms with Crippen LogP contribution in [0.3, 0.4) is 0 Å². The van der Waals surface area contributed by atoms with Crippen molar-refractivity contribution >= 4 is 60.6 Å². The van der Waals surface area contributed by atoms with Gasteiger partial charge >= 0.3 is 17.1 Å². The van der Waals surface area contributed by atoms with Gasteiger partial charge in [0.2, 0.25) is 11.6 Å². The van der Waals surface area contributed by atoms with Crippen molar-refractivity contribution < 1.29 is 35.5 Å². The van der Waals surface area contributed by atoms with Crippen molar-refractivity contribution in [1.29, 1.82) is 0 Å². The predicted octanol–water partition coefficient (Wildman–Crippen LogP) is 5.54. The Bertz CT molecular complexity index is 1140. The number of Topliss-reactive ketones (excluding diaryl/α,β-unsaturated/α-hetero) is 2. The average Bonchev–Trinajstić information content (AvgIpc) is 3.53. The van der Waals surface area contributed by atoms with E-state index >= 15 is 0 Å². The minimum absolute atomic E-state index is 0. The summed E-state index contributed by atoms with van der Waals surface area (Å²) in [5.41, 5.74) is 1.22. The van der Waals surface area contributed by atoms with Gasteiger partial charge in [-0.05, 0) is 36.4 Å². The zero-order valence-corrected chi connectivity index (χ0v) is 19.5. The number of nitrogens with zero attached hydrogens (tertiary/aromatic N) is 2. The smallest absolute Gasteiger partial charge is 0.778 e. The Morgan fingerprint density at radius 2 is 1.03 bits per heavy atom. The van der Waals surface area contributed by atoms with Crippen LogP contribution in [-0.4, -0.2) is 24.0 Å². The zero-order valence-electron chi connectivity index (χ0n) is 16.9. The van der Waals surface area contributed by atoms with Crippen LogP contribution in [0.2, 0.25) is 0 Å². The second-order valence-electron chi connectivity index (χ2n) is 6.13. The van der Waals surface area contributed by atoms with Gasteiger partial charge in [-0.25, -0.2) is 0 Å². The maximum atomic E-state index is 11.5. The summed E-state index contributed by atoms with van der Waals surface area (Å²) >= 11 is 10.1. The van der Waals surface area contributed by atoms with Crippen molar-refractivity contribution in [1.82, 2.24) is 0 Å². The van der Waals surface area contributed by atoms with E-state index in [1.807, 2.05) is 24.3 Å². The predicted molar refractivity (Wildman–Crippen MR) is 127 cm³/mol. The summed E-state index contributed by atoms with van der Waals surface area (Å²) in [7, 11) is 0. The molecule has 0 aliphatic rings. The van der Waals surface area contributed by atoms with Gasteiger partial charge in [-0.2, -0.15) is 0 Å². The molecule has 0 amide bonds. The van der Waals surface area contributed by atoms with Crippen molar-refractivity contribution in [2.45, 2.75) is 9.79 Å². The Morgan fingerprint density at radius 3 is 1.36 bits per heavy atom. The monoisotopic (exact) mass is 523 g/mol. The Balaban J connectivity index is 0.000000227. The second-order valence-corrected chi connectivity index (χ2v) is 7.01. The molecule has 4 rings (SSSR count). The Morgan fingerprint density at radius 1 is 0.636 bits per heavy atom. The van der Waals surface area contributed by atoms with Crippen molar-refractivity contribution in [2.24, 2.45) is 9.98 Å². The largest absolute Gasteiger partial charge is 2.00 e. The maximum absolute atomic E-state index is 11.5. The molecule has 9 heteroatoms. The number of rotatable bonds is 6. The van der Waals surface area contributed by atoms with E-state index in [0.29, 0.717) is 21.2 Å². The summed E-state index contributed by atoms with van der Waals surface area (Å²) in [4.78, 5) is 32.3. The van der Waals surface area contributed by atoms with Crippen molar-refractivity contribution in [3.8, 4) is 0 Å². The number of benzene rings is 2. The van der Waals surface area contributed by atoms with Gasteiger partial charge in [-0.15, -0.1) is 9.79 Å². The molecule has 0 unspecified atom stereocenters. The summed E-state index contributed by atoms with van der Waals surface area (Å²) in [6.07, 6.45) is 5.32. The van der Waals surface area contributed by atoms with E-state index in [1.165, 1.54) is 25.0 Å². The van der Waals surface area contributed by atoms with Crippen LogP contribution >= 0.6 is 0 Å². The molecule has 0 atom stereocenters. The van der Waals surface area contributed by atoms with Crippen molar-refractivity contribution in [3.63, 3.8) is 0 Å². The zero-order chi connectivity index (χ0) is 22.8. The molecule has 0 spiro atoms. The van der Waals surface area contributed by atoms with E-state index in [2.05, 4.69) is 9.98 Å². The van der Waals surface area contributed by atoms with Crippen LogP contribution in [0.4, 0.5) is 11.4 Å². The first kappa shape index (κ1) is 25.9. The fraction of sp³-hybridized carbons (Fsp3) is 0. The Kier molecular flexibility index (Phi) is 10.4. The third kappa shape index (κ3) is 7.93. The molecule has 33 heavy (non-hydrogen) atoms. The number of carbonyl (C=O) groups excluding carboxylic acids is 2. The first-order valence-corrected chi connectivity index (χ1v) is 10.1. The van der Waals surface area contributed by atoms with Crippen LogP contribution < -0.4 is 0 Å². The van der Waals surface area contributed by atoms with Gasteiger partial charge < -0.3 is 34.1 Å². The molecule has 2 aromatic heterocycles. The van der Waals surface area contributed by atoms with Crippen LogP contribution in [-0.2, 0) is 42.3 Å². The van der Waals surface area contributed by atoms with Gasteiger partial charge in [-0.1, -0.05) is 36.4 Å². The summed E-state index contributed by atoms with van der Waals surface area (Å²) in [5, 5.41) is 0. The molecule has 0 saturated heterocycles. The standard InChI is InChI=1S/2C12H9NO2S.Cu/c2*14-10(11-5-3-7-15-11)8-13-9-4-1-2-6-12(9)16;/h2*1-8,16H;/q;;+2/p-2. The molecule has 0 aliphatic carbocycles. The maximum Gasteiger partial charge on any atom is 2.00 e. The molecule has 2 heterocycles. The van der Waals surface area contributed by atoms with Crippen LogP contribution in [0.15, 0.2) is 114 Å². The van der Waals surface area contributed by atoms with E-state index < -0.39 is 0 Å². The molecule has 0 saturated carbocycles. The third-order valence-corrected chi connectivity index (χ3v) is 4.59. The van der Waals surface area contributed by atoms with Crippen LogP contribution in [0.25, 0.3) is 0 Å². The summed E-state index contributed by atoms with van der Waals surface area (Å²) in [6.45, 7) is 0. The number of ketones is 2. The quantitative estimate of drug-likeness (QED) is 0.143. The molecule has 6 nitrogen and oxygen atoms in total. The van der Waals surface area contributed by atoms with Crippen molar-refractivity contribution in [2.75, 3.05) is 0 Å². The summed E-state index contributed by atoms with van der Waals surface area (Å²) < 4.78 is 9.89. The minimum Gasteiger partial charge on any atom is -0.778 e. The fourth-order valence-corrected chi connectivity index (χ4v) is 2.75. The fourth-order valence-electron chi connectivity index (χ4n) is 2.35. The van der Waals surface area contributed by atoms with Crippen molar-refractivity contribution in [3.05, 3.63) is 96.8 Å². The number of para-hydroxylation sites is 2. The summed E-state index contributed by atoms with van der Waals surface area (Å²) in [6, 6.07) is 20.8. The number of aliphatic imine (C=N–C) groups is 2. The van der Waals surface area contributed by atoms with E-state index in [4.69, 9.17) is 34.1 Å². The first-order valence-electron chi connectivity index (χ1n) is 9.30. The van der Waals surface area contributed by atoms with E-state index in [1.54, 1.807) is 48.5 Å². The Hall–Kier alpha value is -3.36. The SMILES string of the molecule is O=C(C=Nc1ccccc1[S-])c1ccco1.O=C(C=Nc1ccccc1[S-])c1ccco1.[Cu+2]. The van der Waals surface area contributed by atoms with Gasteiger partial charge in [0, 0.05) is 11.4 Å². The van der Waals surface area contributed by atoms with Gasteiger partial charge in [0.1, 0.15) is 0 Å². The van der Waals surface area contributed by atoms with Crippen LogP contribution in [0.1, 0.15) is 21.1 Å². The van der Waals surface area contributed by atoms with Gasteiger partial charge in [0.05, 0.1) is 25.0 Å². The topological polar surface area (TPSA) is 85.1 Å². The van der Waals surface area contributed by atoms with E-state index in [0.717, 1.165) is 0 Å². The number of hydrogen-bond acceptors (Lipinski definition) is 8. The molecule has 0 N–H and O–H groups in total. The van der Waals surface area contributed by atoms with Crippen LogP contribution in [0, 0.1) is 0 Å². The molecule has 1 radical (unpaired) electrons. The number of carbonyl (C=O) groups is 2. The van der Waals surface area contributed by atoms with Gasteiger partial charge in [0.15, 0.2) is 11.5 Å². The molecule has 4 aromatic rings. The van der Waals surface area contributed by atoms with Gasteiger partial charge in [0.25, 0.3) is 0 Å². The second kappa shape index (κ2) is 13.2. The normalized spacial score (nSPS) is 10.4. The molecule has 0 aliphatic heterocycles.